The van der Waals surface area contributed by atoms with E-state index in [1.807, 2.05) is 49.5 Å². The number of aliphatic hydroxyl groups is 1. The lowest BCUT2D eigenvalue weighted by Crippen LogP contribution is -2.39. The maximum Gasteiger partial charge on any atom is 0.316 e. The second-order valence-corrected chi connectivity index (χ2v) is 7.50. The zero-order valence-electron chi connectivity index (χ0n) is 16.6. The number of carbonyl (C=O) groups excluding carboxylic acids is 2. The van der Waals surface area contributed by atoms with Gasteiger partial charge in [0.1, 0.15) is 0 Å². The molecule has 3 amide bonds. The molecule has 3 rings (SSSR count). The number of urea groups is 1. The van der Waals surface area contributed by atoms with Crippen LogP contribution in [-0.4, -0.2) is 59.6 Å². The van der Waals surface area contributed by atoms with Crippen molar-refractivity contribution in [1.29, 1.82) is 0 Å². The SMILES string of the molecule is CN(C(=O)Cc1ccc(NC(N)=O)cc1)C(CN1CC[C@@H](O)C1)c1ccccc1. The van der Waals surface area contributed by atoms with Gasteiger partial charge in [-0.2, -0.15) is 0 Å². The normalized spacial score (nSPS) is 17.7. The Bertz CT molecular complexity index is 826. The van der Waals surface area contributed by atoms with Crippen molar-refractivity contribution in [3.8, 4) is 0 Å². The standard InChI is InChI=1S/C22H28N4O3/c1-25(21(28)13-16-7-9-18(10-8-16)24-22(23)29)20(17-5-3-2-4-6-17)15-26-12-11-19(27)14-26/h2-10,19-20,27H,11-15H2,1H3,(H3,23,24,29)/t19-,20?/m1/s1. The minimum atomic E-state index is -0.619. The number of nitrogens with one attached hydrogen (secondary N) is 1. The van der Waals surface area contributed by atoms with Crippen LogP contribution in [0.25, 0.3) is 0 Å². The van der Waals surface area contributed by atoms with Gasteiger partial charge in [0.2, 0.25) is 5.91 Å². The molecule has 29 heavy (non-hydrogen) atoms. The number of likely N-dealkylation sites (N-methyl/N-ethyl adjacent to an activating group) is 1. The zero-order valence-corrected chi connectivity index (χ0v) is 16.6. The molecular formula is C22H28N4O3. The number of nitrogens with two attached hydrogens (primary N) is 1. The molecule has 2 aromatic rings. The number of benzene rings is 2. The second-order valence-electron chi connectivity index (χ2n) is 7.50. The minimum Gasteiger partial charge on any atom is -0.392 e. The van der Waals surface area contributed by atoms with Crippen molar-refractivity contribution in [2.45, 2.75) is 25.0 Å². The molecule has 154 valence electrons. The maximum atomic E-state index is 13.0. The molecule has 0 saturated carbocycles. The monoisotopic (exact) mass is 396 g/mol. The van der Waals surface area contributed by atoms with Crippen LogP contribution in [0.5, 0.6) is 0 Å². The first-order valence-electron chi connectivity index (χ1n) is 9.79. The van der Waals surface area contributed by atoms with E-state index in [2.05, 4.69) is 10.2 Å². The third kappa shape index (κ3) is 5.79. The molecule has 1 fully saturated rings. The van der Waals surface area contributed by atoms with Gasteiger partial charge in [-0.1, -0.05) is 42.5 Å². The topological polar surface area (TPSA) is 98.9 Å². The Hall–Kier alpha value is -2.90. The van der Waals surface area contributed by atoms with E-state index in [1.54, 1.807) is 17.0 Å². The fourth-order valence-corrected chi connectivity index (χ4v) is 3.67. The van der Waals surface area contributed by atoms with Crippen LogP contribution in [0.1, 0.15) is 23.6 Å². The third-order valence-corrected chi connectivity index (χ3v) is 5.30. The molecule has 0 bridgehead atoms. The van der Waals surface area contributed by atoms with Gasteiger partial charge in [0, 0.05) is 32.4 Å². The molecule has 1 heterocycles. The Morgan fingerprint density at radius 2 is 1.90 bits per heavy atom. The number of primary amides is 1. The van der Waals surface area contributed by atoms with Crippen molar-refractivity contribution >= 4 is 17.6 Å². The molecule has 0 spiro atoms. The highest BCUT2D eigenvalue weighted by atomic mass is 16.3. The van der Waals surface area contributed by atoms with E-state index in [4.69, 9.17) is 5.73 Å². The first-order chi connectivity index (χ1) is 13.9. The number of likely N-dealkylation sites (tertiary alicyclic amines) is 1. The number of hydrogen-bond donors (Lipinski definition) is 3. The molecule has 1 saturated heterocycles. The fraction of sp³-hybridized carbons (Fsp3) is 0.364. The molecular weight excluding hydrogens is 368 g/mol. The number of aliphatic hydroxyl groups excluding tert-OH is 1. The molecule has 1 aliphatic heterocycles. The number of nitrogens with zero attached hydrogens (tertiary/aromatic N) is 2. The van der Waals surface area contributed by atoms with E-state index < -0.39 is 6.03 Å². The van der Waals surface area contributed by atoms with Crippen molar-refractivity contribution in [2.75, 3.05) is 32.0 Å². The average Bonchev–Trinajstić information content (AvgIpc) is 3.12. The van der Waals surface area contributed by atoms with Gasteiger partial charge in [-0.05, 0) is 29.7 Å². The van der Waals surface area contributed by atoms with E-state index in [0.717, 1.165) is 24.1 Å². The Labute approximate surface area is 171 Å². The Balaban J connectivity index is 1.70. The van der Waals surface area contributed by atoms with Crippen LogP contribution in [0, 0.1) is 0 Å². The number of amides is 3. The van der Waals surface area contributed by atoms with Crippen LogP contribution in [0.2, 0.25) is 0 Å². The number of β-amino-alcohol motifs (C(OH)–C–C–N with tert-alkyl or cyclic N) is 1. The summed E-state index contributed by atoms with van der Waals surface area (Å²) in [6.07, 6.45) is 0.740. The maximum absolute atomic E-state index is 13.0. The summed E-state index contributed by atoms with van der Waals surface area (Å²) in [6.45, 7) is 2.16. The molecule has 7 nitrogen and oxygen atoms in total. The lowest BCUT2D eigenvalue weighted by atomic mass is 10.0. The highest BCUT2D eigenvalue weighted by Crippen LogP contribution is 2.24. The van der Waals surface area contributed by atoms with E-state index in [0.29, 0.717) is 18.8 Å². The van der Waals surface area contributed by atoms with Crippen LogP contribution in [0.3, 0.4) is 0 Å². The average molecular weight is 396 g/mol. The zero-order chi connectivity index (χ0) is 20.8. The predicted molar refractivity (Wildman–Crippen MR) is 112 cm³/mol. The highest BCUT2D eigenvalue weighted by Gasteiger charge is 2.28. The highest BCUT2D eigenvalue weighted by molar-refractivity contribution is 5.87. The van der Waals surface area contributed by atoms with Gasteiger partial charge >= 0.3 is 6.03 Å². The number of rotatable bonds is 7. The van der Waals surface area contributed by atoms with E-state index in [9.17, 15) is 14.7 Å². The van der Waals surface area contributed by atoms with Crippen LogP contribution in [0.4, 0.5) is 10.5 Å². The summed E-state index contributed by atoms with van der Waals surface area (Å²) in [4.78, 5) is 27.9. The summed E-state index contributed by atoms with van der Waals surface area (Å²) in [7, 11) is 1.83. The van der Waals surface area contributed by atoms with E-state index >= 15 is 0 Å². The van der Waals surface area contributed by atoms with Gasteiger partial charge in [-0.25, -0.2) is 4.79 Å². The lowest BCUT2D eigenvalue weighted by molar-refractivity contribution is -0.131. The fourth-order valence-electron chi connectivity index (χ4n) is 3.67. The quantitative estimate of drug-likeness (QED) is 0.666. The van der Waals surface area contributed by atoms with Crippen molar-refractivity contribution < 1.29 is 14.7 Å². The number of anilines is 1. The number of carbonyl (C=O) groups is 2. The van der Waals surface area contributed by atoms with Gasteiger partial charge < -0.3 is 21.1 Å². The van der Waals surface area contributed by atoms with E-state index in [1.165, 1.54) is 0 Å². The summed E-state index contributed by atoms with van der Waals surface area (Å²) in [5.74, 6) is 0.00853. The minimum absolute atomic E-state index is 0.00853. The summed E-state index contributed by atoms with van der Waals surface area (Å²) in [5.41, 5.74) is 7.65. The summed E-state index contributed by atoms with van der Waals surface area (Å²) < 4.78 is 0. The Kier molecular flexibility index (Phi) is 6.85. The molecule has 7 heteroatoms. The van der Waals surface area contributed by atoms with Crippen molar-refractivity contribution in [1.82, 2.24) is 9.80 Å². The Morgan fingerprint density at radius 1 is 1.21 bits per heavy atom. The van der Waals surface area contributed by atoms with Gasteiger partial charge in [0.25, 0.3) is 0 Å². The molecule has 0 aliphatic carbocycles. The van der Waals surface area contributed by atoms with Crippen molar-refractivity contribution in [3.05, 3.63) is 65.7 Å². The first kappa shape index (κ1) is 20.8. The Morgan fingerprint density at radius 3 is 2.48 bits per heavy atom. The lowest BCUT2D eigenvalue weighted by Gasteiger charge is -2.32. The van der Waals surface area contributed by atoms with Crippen molar-refractivity contribution in [2.24, 2.45) is 5.73 Å². The number of hydrogen-bond acceptors (Lipinski definition) is 4. The van der Waals surface area contributed by atoms with Gasteiger partial charge in [0.15, 0.2) is 0 Å². The predicted octanol–water partition coefficient (Wildman–Crippen LogP) is 1.99. The third-order valence-electron chi connectivity index (χ3n) is 5.30. The van der Waals surface area contributed by atoms with Crippen LogP contribution >= 0.6 is 0 Å². The molecule has 2 aromatic carbocycles. The molecule has 0 aromatic heterocycles. The van der Waals surface area contributed by atoms with E-state index in [-0.39, 0.29) is 24.5 Å². The van der Waals surface area contributed by atoms with Gasteiger partial charge in [0.05, 0.1) is 18.6 Å². The molecule has 4 N–H and O–H groups in total. The molecule has 1 unspecified atom stereocenters. The van der Waals surface area contributed by atoms with Crippen molar-refractivity contribution in [3.63, 3.8) is 0 Å². The summed E-state index contributed by atoms with van der Waals surface area (Å²) in [5, 5.41) is 12.4. The first-order valence-corrected chi connectivity index (χ1v) is 9.79. The largest absolute Gasteiger partial charge is 0.392 e. The van der Waals surface area contributed by atoms with Gasteiger partial charge in [-0.3, -0.25) is 9.69 Å². The van der Waals surface area contributed by atoms with Crippen LogP contribution in [0.15, 0.2) is 54.6 Å². The van der Waals surface area contributed by atoms with Gasteiger partial charge in [-0.15, -0.1) is 0 Å². The summed E-state index contributed by atoms with van der Waals surface area (Å²) >= 11 is 0. The van der Waals surface area contributed by atoms with Crippen LogP contribution < -0.4 is 11.1 Å². The molecule has 2 atom stereocenters. The summed E-state index contributed by atoms with van der Waals surface area (Å²) in [6, 6.07) is 16.3. The second kappa shape index (κ2) is 9.54. The smallest absolute Gasteiger partial charge is 0.316 e. The molecule has 0 radical (unpaired) electrons. The molecule has 1 aliphatic rings. The van der Waals surface area contributed by atoms with Crippen LogP contribution in [-0.2, 0) is 11.2 Å².